The molecule has 0 amide bonds. The summed E-state index contributed by atoms with van der Waals surface area (Å²) < 4.78 is 37.0. The smallest absolute Gasteiger partial charge is 0.335 e. The van der Waals surface area contributed by atoms with E-state index >= 15 is 0 Å². The molecule has 2 aromatic carbocycles. The Kier molecular flexibility index (Phi) is 5.44. The first-order valence-corrected chi connectivity index (χ1v) is 8.78. The number of rotatable bonds is 6. The maximum atomic E-state index is 12.9. The summed E-state index contributed by atoms with van der Waals surface area (Å²) in [4.78, 5) is 10.8. The van der Waals surface area contributed by atoms with E-state index in [9.17, 15) is 13.2 Å². The van der Waals surface area contributed by atoms with Crippen molar-refractivity contribution in [2.45, 2.75) is 4.90 Å². The number of carboxylic acid groups (broad SMARTS) is 1. The first-order valence-electron chi connectivity index (χ1n) is 6.96. The van der Waals surface area contributed by atoms with E-state index in [1.807, 2.05) is 0 Å². The van der Waals surface area contributed by atoms with Gasteiger partial charge in [-0.15, -0.1) is 0 Å². The number of ether oxygens (including phenoxy) is 2. The van der Waals surface area contributed by atoms with E-state index in [4.69, 9.17) is 26.2 Å². The molecule has 0 bridgehead atoms. The summed E-state index contributed by atoms with van der Waals surface area (Å²) in [5, 5.41) is 8.99. The highest BCUT2D eigenvalue weighted by atomic mass is 35.5. The van der Waals surface area contributed by atoms with E-state index < -0.39 is 16.0 Å². The molecule has 0 saturated heterocycles. The number of methoxy groups -OCH3 is 2. The Hall–Kier alpha value is -2.45. The molecule has 7 nitrogen and oxygen atoms in total. The molecule has 25 heavy (non-hydrogen) atoms. The predicted octanol–water partition coefficient (Wildman–Crippen LogP) is 2.88. The van der Waals surface area contributed by atoms with Crippen LogP contribution in [0.4, 0.5) is 5.69 Å². The average Bonchev–Trinajstić information content (AvgIpc) is 2.60. The number of aromatic carboxylic acids is 1. The number of hydrogen-bond acceptors (Lipinski definition) is 5. The van der Waals surface area contributed by atoms with Crippen molar-refractivity contribution in [1.82, 2.24) is 0 Å². The molecule has 0 heterocycles. The zero-order valence-corrected chi connectivity index (χ0v) is 15.3. The molecule has 1 N–H and O–H groups in total. The van der Waals surface area contributed by atoms with Crippen LogP contribution in [0.25, 0.3) is 0 Å². The minimum absolute atomic E-state index is 0.0719. The molecular formula is C16H16ClNO6S. The van der Waals surface area contributed by atoms with Gasteiger partial charge in [0.2, 0.25) is 0 Å². The van der Waals surface area contributed by atoms with Crippen LogP contribution in [-0.2, 0) is 10.0 Å². The average molecular weight is 386 g/mol. The second-order valence-corrected chi connectivity index (χ2v) is 7.31. The number of benzene rings is 2. The molecule has 0 aromatic heterocycles. The third-order valence-electron chi connectivity index (χ3n) is 3.55. The molecule has 0 aliphatic heterocycles. The molecule has 0 aliphatic carbocycles. The topological polar surface area (TPSA) is 93.1 Å². The number of nitrogens with zero attached hydrogens (tertiary/aromatic N) is 1. The van der Waals surface area contributed by atoms with Gasteiger partial charge in [0.1, 0.15) is 4.90 Å². The third kappa shape index (κ3) is 3.64. The molecule has 0 saturated carbocycles. The van der Waals surface area contributed by atoms with Gasteiger partial charge in [-0.25, -0.2) is 13.2 Å². The van der Waals surface area contributed by atoms with Crippen LogP contribution >= 0.6 is 11.6 Å². The molecule has 134 valence electrons. The number of anilines is 1. The zero-order valence-electron chi connectivity index (χ0n) is 13.7. The van der Waals surface area contributed by atoms with Crippen LogP contribution in [0.15, 0.2) is 41.3 Å². The van der Waals surface area contributed by atoms with Crippen LogP contribution in [0.5, 0.6) is 11.5 Å². The number of hydrogen-bond donors (Lipinski definition) is 1. The lowest BCUT2D eigenvalue weighted by atomic mass is 10.2. The van der Waals surface area contributed by atoms with Gasteiger partial charge in [-0.2, -0.15) is 0 Å². The van der Waals surface area contributed by atoms with E-state index in [0.717, 1.165) is 10.4 Å². The largest absolute Gasteiger partial charge is 0.493 e. The van der Waals surface area contributed by atoms with Crippen molar-refractivity contribution in [3.8, 4) is 11.5 Å². The van der Waals surface area contributed by atoms with Gasteiger partial charge in [-0.1, -0.05) is 11.6 Å². The van der Waals surface area contributed by atoms with Crippen molar-refractivity contribution in [3.05, 3.63) is 47.0 Å². The first kappa shape index (κ1) is 18.9. The van der Waals surface area contributed by atoms with Gasteiger partial charge in [0, 0.05) is 13.1 Å². The van der Waals surface area contributed by atoms with E-state index in [2.05, 4.69) is 0 Å². The quantitative estimate of drug-likeness (QED) is 0.821. The van der Waals surface area contributed by atoms with Gasteiger partial charge in [-0.3, -0.25) is 4.31 Å². The van der Waals surface area contributed by atoms with Gasteiger partial charge >= 0.3 is 5.97 Å². The Bertz CT molecular complexity index is 913. The lowest BCUT2D eigenvalue weighted by molar-refractivity contribution is 0.0696. The Labute approximate surface area is 150 Å². The predicted molar refractivity (Wildman–Crippen MR) is 93.5 cm³/mol. The van der Waals surface area contributed by atoms with Gasteiger partial charge in [0.05, 0.1) is 30.5 Å². The monoisotopic (exact) mass is 385 g/mol. The van der Waals surface area contributed by atoms with Crippen molar-refractivity contribution in [1.29, 1.82) is 0 Å². The van der Waals surface area contributed by atoms with Gasteiger partial charge in [0.15, 0.2) is 11.5 Å². The summed E-state index contributed by atoms with van der Waals surface area (Å²) in [5.74, 6) is -0.447. The number of sulfonamides is 1. The summed E-state index contributed by atoms with van der Waals surface area (Å²) in [6.45, 7) is 0. The number of carboxylic acids is 1. The molecule has 0 unspecified atom stereocenters. The Morgan fingerprint density at radius 2 is 1.72 bits per heavy atom. The lowest BCUT2D eigenvalue weighted by Gasteiger charge is -2.21. The van der Waals surface area contributed by atoms with Crippen LogP contribution in [0, 0.1) is 0 Å². The van der Waals surface area contributed by atoms with E-state index in [1.54, 1.807) is 6.07 Å². The summed E-state index contributed by atoms with van der Waals surface area (Å²) in [7, 11) is 0.153. The molecule has 2 rings (SSSR count). The molecule has 9 heteroatoms. The van der Waals surface area contributed by atoms with Crippen LogP contribution in [-0.4, -0.2) is 40.8 Å². The fraction of sp³-hybridized carbons (Fsp3) is 0.188. The molecule has 0 aliphatic rings. The van der Waals surface area contributed by atoms with Gasteiger partial charge in [0.25, 0.3) is 10.0 Å². The minimum Gasteiger partial charge on any atom is -0.493 e. The van der Waals surface area contributed by atoms with Crippen molar-refractivity contribution >= 4 is 33.3 Å². The van der Waals surface area contributed by atoms with Crippen molar-refractivity contribution < 1.29 is 27.8 Å². The Morgan fingerprint density at radius 3 is 2.28 bits per heavy atom. The molecule has 0 atom stereocenters. The number of carbonyl (C=O) groups is 1. The van der Waals surface area contributed by atoms with Gasteiger partial charge in [-0.05, 0) is 30.3 Å². The lowest BCUT2D eigenvalue weighted by Crippen LogP contribution is -2.27. The maximum absolute atomic E-state index is 12.9. The van der Waals surface area contributed by atoms with Crippen LogP contribution < -0.4 is 13.8 Å². The summed E-state index contributed by atoms with van der Waals surface area (Å²) in [6, 6.07) is 8.09. The fourth-order valence-corrected chi connectivity index (χ4v) is 3.83. The van der Waals surface area contributed by atoms with Crippen molar-refractivity contribution in [2.24, 2.45) is 0 Å². The third-order valence-corrected chi connectivity index (χ3v) is 5.81. The first-order chi connectivity index (χ1) is 11.7. The van der Waals surface area contributed by atoms with E-state index in [1.165, 1.54) is 45.5 Å². The molecule has 0 fully saturated rings. The second kappa shape index (κ2) is 7.20. The number of halogens is 1. The SMILES string of the molecule is COc1ccc(N(C)S(=O)(=O)c2cc(C(=O)O)ccc2Cl)cc1OC. The summed E-state index contributed by atoms with van der Waals surface area (Å²) in [6.07, 6.45) is 0. The van der Waals surface area contributed by atoms with Crippen LogP contribution in [0.3, 0.4) is 0 Å². The van der Waals surface area contributed by atoms with E-state index in [-0.39, 0.29) is 15.5 Å². The second-order valence-electron chi connectivity index (χ2n) is 4.96. The maximum Gasteiger partial charge on any atom is 0.335 e. The highest BCUT2D eigenvalue weighted by Crippen LogP contribution is 2.34. The highest BCUT2D eigenvalue weighted by Gasteiger charge is 2.26. The minimum atomic E-state index is -4.08. The highest BCUT2D eigenvalue weighted by molar-refractivity contribution is 7.93. The van der Waals surface area contributed by atoms with Gasteiger partial charge < -0.3 is 14.6 Å². The molecule has 2 aromatic rings. The fourth-order valence-electron chi connectivity index (χ4n) is 2.14. The Balaban J connectivity index is 2.53. The van der Waals surface area contributed by atoms with Crippen LogP contribution in [0.1, 0.15) is 10.4 Å². The molecular weight excluding hydrogens is 370 g/mol. The van der Waals surface area contributed by atoms with Crippen molar-refractivity contribution in [2.75, 3.05) is 25.6 Å². The normalized spacial score (nSPS) is 11.0. The Morgan fingerprint density at radius 1 is 1.08 bits per heavy atom. The molecule has 0 radical (unpaired) electrons. The van der Waals surface area contributed by atoms with Crippen LogP contribution in [0.2, 0.25) is 5.02 Å². The zero-order chi connectivity index (χ0) is 18.8. The van der Waals surface area contributed by atoms with E-state index in [0.29, 0.717) is 17.2 Å². The summed E-state index contributed by atoms with van der Waals surface area (Å²) in [5.41, 5.74) is 0.123. The molecule has 0 spiro atoms. The van der Waals surface area contributed by atoms with Crippen molar-refractivity contribution in [3.63, 3.8) is 0 Å². The summed E-state index contributed by atoms with van der Waals surface area (Å²) >= 11 is 5.98. The standard InChI is InChI=1S/C16H16ClNO6S/c1-18(11-5-7-13(23-2)14(9-11)24-3)25(21,22)15-8-10(16(19)20)4-6-12(15)17/h4-9H,1-3H3,(H,19,20).